The molecule has 2 N–H and O–H groups in total. The molecular formula is C23H24ClFN2O6S. The van der Waals surface area contributed by atoms with Gasteiger partial charge in [-0.1, -0.05) is 11.6 Å². The summed E-state index contributed by atoms with van der Waals surface area (Å²) < 4.78 is 49.4. The van der Waals surface area contributed by atoms with Gasteiger partial charge in [-0.2, -0.15) is 5.26 Å². The van der Waals surface area contributed by atoms with Crippen molar-refractivity contribution in [3.63, 3.8) is 0 Å². The van der Waals surface area contributed by atoms with Crippen molar-refractivity contribution in [3.8, 4) is 17.6 Å². The molecule has 2 aromatic carbocycles. The van der Waals surface area contributed by atoms with Crippen LogP contribution in [0.5, 0.6) is 11.5 Å². The smallest absolute Gasteiger partial charge is 0.405 e. The Morgan fingerprint density at radius 1 is 1.21 bits per heavy atom. The Balaban J connectivity index is 0.000000302. The van der Waals surface area contributed by atoms with Gasteiger partial charge in [0.1, 0.15) is 22.9 Å². The number of sulfone groups is 1. The number of rotatable bonds is 6. The van der Waals surface area contributed by atoms with E-state index in [9.17, 15) is 17.6 Å². The van der Waals surface area contributed by atoms with E-state index in [1.54, 1.807) is 13.2 Å². The maximum Gasteiger partial charge on any atom is 0.405 e. The van der Waals surface area contributed by atoms with E-state index in [2.05, 4.69) is 5.32 Å². The van der Waals surface area contributed by atoms with Crippen LogP contribution < -0.4 is 10.1 Å². The number of benzene rings is 2. The summed E-state index contributed by atoms with van der Waals surface area (Å²) in [6.07, 6.45) is 1.91. The van der Waals surface area contributed by atoms with Crippen LogP contribution in [0.25, 0.3) is 0 Å². The zero-order chi connectivity index (χ0) is 24.9. The van der Waals surface area contributed by atoms with Gasteiger partial charge >= 0.3 is 6.09 Å². The summed E-state index contributed by atoms with van der Waals surface area (Å²) in [5.41, 5.74) is -0.730. The van der Waals surface area contributed by atoms with Crippen molar-refractivity contribution in [3.05, 3.63) is 53.3 Å². The standard InChI is InChI=1S/C18H18ClFO4S.C5H6N2O2/c1-23-14-6-8-16(10-14)25(21,22)18-9-7-15(11-17(18)19)24-13-4-2-12(20)3-5-13;6-3-5(1-2-5)7-4(8)9/h2-5,7,9,11,14,16H,6,8,10H2,1H3;7H,1-2H2,(H,8,9)/t14-,16-;/m0./s1. The van der Waals surface area contributed by atoms with Gasteiger partial charge in [0.25, 0.3) is 0 Å². The van der Waals surface area contributed by atoms with E-state index < -0.39 is 26.7 Å². The molecule has 2 aromatic rings. The third kappa shape index (κ3) is 6.38. The molecule has 2 atom stereocenters. The molecule has 11 heteroatoms. The minimum atomic E-state index is -3.52. The summed E-state index contributed by atoms with van der Waals surface area (Å²) >= 11 is 6.20. The first kappa shape index (κ1) is 25.7. The Morgan fingerprint density at radius 2 is 1.85 bits per heavy atom. The summed E-state index contributed by atoms with van der Waals surface area (Å²) in [4.78, 5) is 10.1. The lowest BCUT2D eigenvalue weighted by atomic mass is 10.3. The zero-order valence-electron chi connectivity index (χ0n) is 18.3. The van der Waals surface area contributed by atoms with Gasteiger partial charge in [-0.15, -0.1) is 0 Å². The highest BCUT2D eigenvalue weighted by Gasteiger charge is 2.44. The Bertz CT molecular complexity index is 1180. The highest BCUT2D eigenvalue weighted by molar-refractivity contribution is 7.92. The van der Waals surface area contributed by atoms with Crippen LogP contribution in [0, 0.1) is 17.1 Å². The van der Waals surface area contributed by atoms with E-state index in [-0.39, 0.29) is 21.8 Å². The molecule has 4 rings (SSSR count). The van der Waals surface area contributed by atoms with Crippen LogP contribution in [-0.4, -0.2) is 43.6 Å². The lowest BCUT2D eigenvalue weighted by molar-refractivity contribution is 0.109. The van der Waals surface area contributed by atoms with Crippen LogP contribution >= 0.6 is 11.6 Å². The molecule has 1 amide bonds. The van der Waals surface area contributed by atoms with Crippen LogP contribution in [-0.2, 0) is 14.6 Å². The molecule has 0 spiro atoms. The second-order valence-corrected chi connectivity index (χ2v) is 10.7. The Kier molecular flexibility index (Phi) is 8.02. The lowest BCUT2D eigenvalue weighted by Gasteiger charge is -2.14. The Labute approximate surface area is 202 Å². The second kappa shape index (κ2) is 10.6. The minimum Gasteiger partial charge on any atom is -0.465 e. The van der Waals surface area contributed by atoms with E-state index >= 15 is 0 Å². The average Bonchev–Trinajstić information content (AvgIpc) is 3.37. The molecule has 8 nitrogen and oxygen atoms in total. The number of amides is 1. The molecule has 0 heterocycles. The van der Waals surface area contributed by atoms with E-state index in [4.69, 9.17) is 31.4 Å². The monoisotopic (exact) mass is 510 g/mol. The molecule has 34 heavy (non-hydrogen) atoms. The van der Waals surface area contributed by atoms with Gasteiger partial charge in [-0.25, -0.2) is 17.6 Å². The number of hydrogen-bond donors (Lipinski definition) is 2. The van der Waals surface area contributed by atoms with Crippen molar-refractivity contribution in [1.82, 2.24) is 5.32 Å². The van der Waals surface area contributed by atoms with Gasteiger partial charge in [0, 0.05) is 13.2 Å². The molecule has 0 unspecified atom stereocenters. The van der Waals surface area contributed by atoms with Crippen LogP contribution in [0.2, 0.25) is 5.02 Å². The fraction of sp³-hybridized carbons (Fsp3) is 0.391. The number of carbonyl (C=O) groups is 1. The highest BCUT2D eigenvalue weighted by atomic mass is 35.5. The number of nitriles is 1. The minimum absolute atomic E-state index is 0.0281. The number of methoxy groups -OCH3 is 1. The number of nitrogens with zero attached hydrogens (tertiary/aromatic N) is 1. The molecule has 0 aromatic heterocycles. The van der Waals surface area contributed by atoms with E-state index in [0.717, 1.165) is 6.42 Å². The first-order valence-electron chi connectivity index (χ1n) is 10.5. The average molecular weight is 511 g/mol. The fourth-order valence-electron chi connectivity index (χ4n) is 3.59. The molecule has 0 saturated heterocycles. The highest BCUT2D eigenvalue weighted by Crippen LogP contribution is 2.36. The maximum atomic E-state index is 12.9. The predicted octanol–water partition coefficient (Wildman–Crippen LogP) is 4.92. The molecule has 2 saturated carbocycles. The number of ether oxygens (including phenoxy) is 2. The van der Waals surface area contributed by atoms with Gasteiger partial charge in [0.15, 0.2) is 9.84 Å². The first-order valence-corrected chi connectivity index (χ1v) is 12.4. The Hall–Kier alpha value is -2.87. The second-order valence-electron chi connectivity index (χ2n) is 8.11. The SMILES string of the molecule is CO[C@H]1CC[C@H](S(=O)(=O)c2ccc(Oc3ccc(F)cc3)cc2Cl)C1.N#CC1(NC(=O)O)CC1. The summed E-state index contributed by atoms with van der Waals surface area (Å²) in [5.74, 6) is 0.460. The summed E-state index contributed by atoms with van der Waals surface area (Å²) in [5, 5.41) is 18.2. The zero-order valence-corrected chi connectivity index (χ0v) is 19.9. The van der Waals surface area contributed by atoms with Gasteiger partial charge in [0.05, 0.1) is 27.3 Å². The Morgan fingerprint density at radius 3 is 2.32 bits per heavy atom. The van der Waals surface area contributed by atoms with E-state index in [1.165, 1.54) is 36.4 Å². The van der Waals surface area contributed by atoms with Gasteiger partial charge in [-0.3, -0.25) is 0 Å². The number of nitrogens with one attached hydrogen (secondary N) is 1. The van der Waals surface area contributed by atoms with Crippen molar-refractivity contribution in [2.75, 3.05) is 7.11 Å². The van der Waals surface area contributed by atoms with Gasteiger partial charge in [-0.05, 0) is 68.5 Å². The summed E-state index contributed by atoms with van der Waals surface area (Å²) in [6.45, 7) is 0. The predicted molar refractivity (Wildman–Crippen MR) is 122 cm³/mol. The lowest BCUT2D eigenvalue weighted by Crippen LogP contribution is -2.33. The molecule has 0 radical (unpaired) electrons. The van der Waals surface area contributed by atoms with Crippen molar-refractivity contribution >= 4 is 27.5 Å². The van der Waals surface area contributed by atoms with Crippen molar-refractivity contribution in [2.24, 2.45) is 0 Å². The van der Waals surface area contributed by atoms with Gasteiger partial charge in [0.2, 0.25) is 0 Å². The molecule has 2 fully saturated rings. The van der Waals surface area contributed by atoms with E-state index in [0.29, 0.717) is 37.2 Å². The summed E-state index contributed by atoms with van der Waals surface area (Å²) in [6, 6.07) is 11.9. The van der Waals surface area contributed by atoms with Gasteiger partial charge < -0.3 is 19.9 Å². The van der Waals surface area contributed by atoms with Crippen LogP contribution in [0.3, 0.4) is 0 Å². The normalized spacial score (nSPS) is 20.4. The van der Waals surface area contributed by atoms with Crippen LogP contribution in [0.4, 0.5) is 9.18 Å². The quantitative estimate of drug-likeness (QED) is 0.564. The third-order valence-corrected chi connectivity index (χ3v) is 8.38. The molecule has 2 aliphatic carbocycles. The molecule has 0 aliphatic heterocycles. The largest absolute Gasteiger partial charge is 0.465 e. The third-order valence-electron chi connectivity index (χ3n) is 5.68. The maximum absolute atomic E-state index is 12.9. The van der Waals surface area contributed by atoms with Crippen molar-refractivity contribution < 1.29 is 32.2 Å². The molecule has 0 bridgehead atoms. The van der Waals surface area contributed by atoms with Crippen LogP contribution in [0.1, 0.15) is 32.1 Å². The summed E-state index contributed by atoms with van der Waals surface area (Å²) in [7, 11) is -1.93. The molecule has 2 aliphatic rings. The van der Waals surface area contributed by atoms with Crippen LogP contribution in [0.15, 0.2) is 47.4 Å². The first-order chi connectivity index (χ1) is 16.1. The molecule has 182 valence electrons. The fourth-order valence-corrected chi connectivity index (χ4v) is 5.94. The van der Waals surface area contributed by atoms with Crippen molar-refractivity contribution in [1.29, 1.82) is 5.26 Å². The number of hydrogen-bond acceptors (Lipinski definition) is 6. The topological polar surface area (TPSA) is 126 Å². The number of carboxylic acid groups (broad SMARTS) is 1. The van der Waals surface area contributed by atoms with E-state index in [1.807, 2.05) is 6.07 Å². The molecular weight excluding hydrogens is 487 g/mol. The van der Waals surface area contributed by atoms with Crippen molar-refractivity contribution in [2.45, 2.75) is 53.9 Å². The number of halogens is 2.